The van der Waals surface area contributed by atoms with Gasteiger partial charge in [0, 0.05) is 21.3 Å². The smallest absolute Gasteiger partial charge is 0.291 e. The second-order valence-electron chi connectivity index (χ2n) is 8.92. The zero-order valence-electron chi connectivity index (χ0n) is 21.2. The van der Waals surface area contributed by atoms with E-state index in [0.29, 0.717) is 44.8 Å². The molecular formula is C29H30Cl2N4O2. The van der Waals surface area contributed by atoms with E-state index in [1.54, 1.807) is 23.7 Å². The monoisotopic (exact) mass is 536 g/mol. The van der Waals surface area contributed by atoms with Gasteiger partial charge in [0.1, 0.15) is 5.70 Å². The lowest BCUT2D eigenvalue weighted by molar-refractivity contribution is -0.125. The van der Waals surface area contributed by atoms with Gasteiger partial charge in [-0.1, -0.05) is 79.5 Å². The van der Waals surface area contributed by atoms with Crippen molar-refractivity contribution in [1.29, 1.82) is 0 Å². The minimum Gasteiger partial charge on any atom is -0.394 e. The molecule has 3 rings (SSSR count). The van der Waals surface area contributed by atoms with Crippen LogP contribution in [0.2, 0.25) is 10.0 Å². The van der Waals surface area contributed by atoms with Crippen molar-refractivity contribution in [2.75, 3.05) is 0 Å². The number of nitrogens with one attached hydrogen (secondary N) is 1. The Labute approximate surface area is 227 Å². The normalized spacial score (nSPS) is 13.0. The largest absolute Gasteiger partial charge is 0.394 e. The van der Waals surface area contributed by atoms with Crippen LogP contribution in [0.1, 0.15) is 36.1 Å². The molecule has 0 aliphatic rings. The van der Waals surface area contributed by atoms with Gasteiger partial charge in [-0.15, -0.1) is 0 Å². The van der Waals surface area contributed by atoms with Gasteiger partial charge < -0.3 is 5.73 Å². The third kappa shape index (κ3) is 7.07. The minimum atomic E-state index is -0.856. The van der Waals surface area contributed by atoms with Crippen LogP contribution in [-0.4, -0.2) is 22.5 Å². The van der Waals surface area contributed by atoms with Crippen LogP contribution in [0.15, 0.2) is 88.0 Å². The Kier molecular flexibility index (Phi) is 9.64. The summed E-state index contributed by atoms with van der Waals surface area (Å²) < 4.78 is 0. The van der Waals surface area contributed by atoms with E-state index < -0.39 is 5.91 Å². The van der Waals surface area contributed by atoms with Gasteiger partial charge in [0.05, 0.1) is 23.5 Å². The molecule has 0 aromatic heterocycles. The molecule has 0 fully saturated rings. The number of allylic oxidation sites excluding steroid dienone is 1. The first-order valence-electron chi connectivity index (χ1n) is 11.8. The van der Waals surface area contributed by atoms with Crippen molar-refractivity contribution >= 4 is 46.2 Å². The molecule has 192 valence electrons. The fourth-order valence-electron chi connectivity index (χ4n) is 3.84. The summed E-state index contributed by atoms with van der Waals surface area (Å²) in [5, 5.41) is 10.5. The summed E-state index contributed by atoms with van der Waals surface area (Å²) in [4.78, 5) is 22.6. The molecule has 4 N–H and O–H groups in total. The molecule has 0 saturated heterocycles. The number of hydrogen-bond donors (Lipinski definition) is 3. The van der Waals surface area contributed by atoms with Crippen LogP contribution < -0.4 is 11.2 Å². The van der Waals surface area contributed by atoms with Gasteiger partial charge in [0.2, 0.25) is 0 Å². The van der Waals surface area contributed by atoms with Crippen LogP contribution in [-0.2, 0) is 11.3 Å². The van der Waals surface area contributed by atoms with Crippen molar-refractivity contribution < 1.29 is 10.0 Å². The Hall–Kier alpha value is -3.45. The van der Waals surface area contributed by atoms with E-state index in [2.05, 4.69) is 0 Å². The third-order valence-electron chi connectivity index (χ3n) is 5.78. The lowest BCUT2D eigenvalue weighted by Gasteiger charge is -2.21. The SMILES string of the molecule is Cc1ccc(Cl)cc1N=C(C(C(=NCc1ccccc1)C(C)C)=C(N)C(=O)NO)c1ccc(Cl)cc1C. The number of halogens is 2. The quantitative estimate of drug-likeness (QED) is 0.128. The molecule has 0 heterocycles. The predicted molar refractivity (Wildman–Crippen MR) is 152 cm³/mol. The molecule has 3 aromatic carbocycles. The highest BCUT2D eigenvalue weighted by molar-refractivity contribution is 6.35. The molecule has 6 nitrogen and oxygen atoms in total. The Morgan fingerprint density at radius 2 is 1.62 bits per heavy atom. The van der Waals surface area contributed by atoms with Gasteiger partial charge in [-0.2, -0.15) is 0 Å². The minimum absolute atomic E-state index is 0.137. The average Bonchev–Trinajstić information content (AvgIpc) is 2.87. The first kappa shape index (κ1) is 28.1. The molecule has 0 spiro atoms. The number of aliphatic imine (C=N–C) groups is 2. The summed E-state index contributed by atoms with van der Waals surface area (Å²) in [5.41, 5.74) is 13.2. The molecule has 0 aliphatic heterocycles. The van der Waals surface area contributed by atoms with Gasteiger partial charge in [-0.3, -0.25) is 15.0 Å². The number of nitrogens with zero attached hydrogens (tertiary/aromatic N) is 2. The summed E-state index contributed by atoms with van der Waals surface area (Å²) in [5.74, 6) is -0.993. The van der Waals surface area contributed by atoms with Crippen molar-refractivity contribution in [2.45, 2.75) is 34.2 Å². The molecule has 0 radical (unpaired) electrons. The highest BCUT2D eigenvalue weighted by atomic mass is 35.5. The average molecular weight is 537 g/mol. The molecule has 3 aromatic rings. The van der Waals surface area contributed by atoms with Gasteiger partial charge in [0.15, 0.2) is 0 Å². The highest BCUT2D eigenvalue weighted by Crippen LogP contribution is 2.29. The molecule has 1 amide bonds. The standard InChI is InChI=1S/C29H30Cl2N4O2/c1-17(2)27(33-16-20-8-6-5-7-9-20)25(26(32)29(36)35-37)28(23-13-12-21(30)14-19(23)4)34-24-15-22(31)11-10-18(24)3/h5-15,17,37H,16,32H2,1-4H3,(H,35,36). The molecule has 0 saturated carbocycles. The molecule has 0 unspecified atom stereocenters. The number of aryl methyl sites for hydroxylation is 2. The highest BCUT2D eigenvalue weighted by Gasteiger charge is 2.26. The number of hydrogen-bond acceptors (Lipinski definition) is 5. The predicted octanol–water partition coefficient (Wildman–Crippen LogP) is 6.75. The Morgan fingerprint density at radius 3 is 2.24 bits per heavy atom. The number of nitrogens with two attached hydrogens (primary N) is 1. The van der Waals surface area contributed by atoms with Gasteiger partial charge in [-0.25, -0.2) is 10.5 Å². The van der Waals surface area contributed by atoms with E-state index in [1.165, 1.54) is 0 Å². The molecular weight excluding hydrogens is 507 g/mol. The van der Waals surface area contributed by atoms with Gasteiger partial charge >= 0.3 is 0 Å². The summed E-state index contributed by atoms with van der Waals surface area (Å²) >= 11 is 12.6. The fraction of sp³-hybridized carbons (Fsp3) is 0.207. The van der Waals surface area contributed by atoms with E-state index in [0.717, 1.165) is 16.7 Å². The first-order chi connectivity index (χ1) is 17.6. The second-order valence-corrected chi connectivity index (χ2v) is 9.79. The fourth-order valence-corrected chi connectivity index (χ4v) is 4.23. The van der Waals surface area contributed by atoms with Crippen LogP contribution in [0.4, 0.5) is 5.69 Å². The van der Waals surface area contributed by atoms with Crippen LogP contribution >= 0.6 is 23.2 Å². The number of benzene rings is 3. The van der Waals surface area contributed by atoms with Crippen LogP contribution in [0.25, 0.3) is 0 Å². The van der Waals surface area contributed by atoms with Crippen LogP contribution in [0.3, 0.4) is 0 Å². The molecule has 8 heteroatoms. The summed E-state index contributed by atoms with van der Waals surface area (Å²) in [6.45, 7) is 8.12. The Bertz CT molecular complexity index is 1380. The molecule has 0 aliphatic carbocycles. The van der Waals surface area contributed by atoms with Crippen molar-refractivity contribution in [3.8, 4) is 0 Å². The summed E-state index contributed by atoms with van der Waals surface area (Å²) in [6.07, 6.45) is 0. The molecule has 0 atom stereocenters. The topological polar surface area (TPSA) is 100 Å². The van der Waals surface area contributed by atoms with Crippen LogP contribution in [0.5, 0.6) is 0 Å². The first-order valence-corrected chi connectivity index (χ1v) is 12.5. The zero-order chi connectivity index (χ0) is 27.1. The lowest BCUT2D eigenvalue weighted by Crippen LogP contribution is -2.32. The number of carbonyl (C=O) groups is 1. The van der Waals surface area contributed by atoms with Gasteiger partial charge in [-0.05, 0) is 60.7 Å². The van der Waals surface area contributed by atoms with Crippen molar-refractivity contribution in [2.24, 2.45) is 21.6 Å². The number of amides is 1. The van der Waals surface area contributed by atoms with E-state index in [1.807, 2.05) is 76.2 Å². The van der Waals surface area contributed by atoms with Crippen molar-refractivity contribution in [3.05, 3.63) is 110 Å². The van der Waals surface area contributed by atoms with Crippen LogP contribution in [0, 0.1) is 19.8 Å². The zero-order valence-corrected chi connectivity index (χ0v) is 22.7. The van der Waals surface area contributed by atoms with Gasteiger partial charge in [0.25, 0.3) is 5.91 Å². The Morgan fingerprint density at radius 1 is 0.973 bits per heavy atom. The number of carbonyl (C=O) groups excluding carboxylic acids is 1. The maximum atomic E-state index is 12.7. The van der Waals surface area contributed by atoms with E-state index >= 15 is 0 Å². The maximum absolute atomic E-state index is 12.7. The summed E-state index contributed by atoms with van der Waals surface area (Å²) in [7, 11) is 0. The van der Waals surface area contributed by atoms with Crippen molar-refractivity contribution in [3.63, 3.8) is 0 Å². The van der Waals surface area contributed by atoms with E-state index in [-0.39, 0.29) is 11.6 Å². The lowest BCUT2D eigenvalue weighted by atomic mass is 9.88. The van der Waals surface area contributed by atoms with E-state index in [9.17, 15) is 10.0 Å². The van der Waals surface area contributed by atoms with E-state index in [4.69, 9.17) is 38.9 Å². The van der Waals surface area contributed by atoms with Crippen molar-refractivity contribution in [1.82, 2.24) is 5.48 Å². The summed E-state index contributed by atoms with van der Waals surface area (Å²) in [6, 6.07) is 20.6. The third-order valence-corrected chi connectivity index (χ3v) is 6.25. The number of hydroxylamine groups is 1. The second kappa shape index (κ2) is 12.7. The number of rotatable bonds is 8. The maximum Gasteiger partial charge on any atom is 0.291 e. The molecule has 37 heavy (non-hydrogen) atoms. The Balaban J connectivity index is 2.38. The molecule has 0 bridgehead atoms.